The summed E-state index contributed by atoms with van der Waals surface area (Å²) in [4.78, 5) is 0. The Kier molecular flexibility index (Phi) is 6.14. The van der Waals surface area contributed by atoms with E-state index in [2.05, 4.69) is 0 Å². The van der Waals surface area contributed by atoms with E-state index in [1.807, 2.05) is 0 Å². The van der Waals surface area contributed by atoms with E-state index < -0.39 is 55.3 Å². The van der Waals surface area contributed by atoms with E-state index in [1.54, 1.807) is 13.8 Å². The Hall–Kier alpha value is -0.320. The molecule has 2 rings (SSSR count). The average Bonchev–Trinajstić information content (AvgIpc) is 2.47. The first kappa shape index (κ1) is 18.0. The monoisotopic (exact) mass is 322 g/mol. The molecular weight excluding hydrogens is 296 g/mol. The Morgan fingerprint density at radius 3 is 2.14 bits per heavy atom. The second-order valence-corrected chi connectivity index (χ2v) is 5.80. The van der Waals surface area contributed by atoms with Crippen molar-refractivity contribution in [3.8, 4) is 0 Å². The van der Waals surface area contributed by atoms with Gasteiger partial charge in [0.15, 0.2) is 12.6 Å². The summed E-state index contributed by atoms with van der Waals surface area (Å²) in [7, 11) is 2.93. The van der Waals surface area contributed by atoms with Gasteiger partial charge in [0, 0.05) is 20.6 Å². The fraction of sp³-hybridized carbons (Fsp3) is 1.00. The van der Waals surface area contributed by atoms with Crippen LogP contribution in [0.3, 0.4) is 0 Å². The fourth-order valence-corrected chi connectivity index (χ4v) is 2.99. The highest BCUT2D eigenvalue weighted by Gasteiger charge is 2.47. The van der Waals surface area contributed by atoms with Crippen LogP contribution < -0.4 is 0 Å². The van der Waals surface area contributed by atoms with Gasteiger partial charge in [-0.3, -0.25) is 0 Å². The lowest BCUT2D eigenvalue weighted by Crippen LogP contribution is -2.60. The summed E-state index contributed by atoms with van der Waals surface area (Å²) in [6.45, 7) is 3.43. The molecule has 0 bridgehead atoms. The van der Waals surface area contributed by atoms with E-state index in [4.69, 9.17) is 23.7 Å². The third-order valence-corrected chi connectivity index (χ3v) is 4.28. The Bertz CT molecular complexity index is 354. The van der Waals surface area contributed by atoms with Crippen LogP contribution in [0.4, 0.5) is 0 Å². The molecule has 0 aliphatic carbocycles. The first-order valence-corrected chi connectivity index (χ1v) is 7.45. The molecule has 3 N–H and O–H groups in total. The smallest absolute Gasteiger partial charge is 0.187 e. The first-order chi connectivity index (χ1) is 10.4. The summed E-state index contributed by atoms with van der Waals surface area (Å²) >= 11 is 0. The minimum Gasteiger partial charge on any atom is -0.388 e. The van der Waals surface area contributed by atoms with Crippen LogP contribution in [0, 0.1) is 0 Å². The highest BCUT2D eigenvalue weighted by Crippen LogP contribution is 2.29. The number of ether oxygens (including phenoxy) is 5. The number of hydrogen-bond acceptors (Lipinski definition) is 8. The number of aliphatic hydroxyl groups is 3. The van der Waals surface area contributed by atoms with Crippen molar-refractivity contribution in [2.24, 2.45) is 0 Å². The molecule has 0 radical (unpaired) electrons. The van der Waals surface area contributed by atoms with E-state index in [1.165, 1.54) is 14.2 Å². The molecule has 0 unspecified atom stereocenters. The Morgan fingerprint density at radius 1 is 0.864 bits per heavy atom. The molecule has 2 heterocycles. The van der Waals surface area contributed by atoms with Gasteiger partial charge < -0.3 is 39.0 Å². The van der Waals surface area contributed by atoms with Crippen molar-refractivity contribution in [2.45, 2.75) is 75.6 Å². The van der Waals surface area contributed by atoms with Gasteiger partial charge in [0.2, 0.25) is 0 Å². The third kappa shape index (κ3) is 3.60. The van der Waals surface area contributed by atoms with Gasteiger partial charge in [0.25, 0.3) is 0 Å². The van der Waals surface area contributed by atoms with Crippen LogP contribution in [0.1, 0.15) is 20.3 Å². The maximum atomic E-state index is 10.3. The van der Waals surface area contributed by atoms with E-state index in [-0.39, 0.29) is 6.42 Å². The number of methoxy groups -OCH3 is 2. The quantitative estimate of drug-likeness (QED) is 0.605. The van der Waals surface area contributed by atoms with Crippen molar-refractivity contribution in [3.63, 3.8) is 0 Å². The van der Waals surface area contributed by atoms with E-state index >= 15 is 0 Å². The number of aliphatic hydroxyl groups excluding tert-OH is 3. The van der Waals surface area contributed by atoms with Crippen LogP contribution in [0.15, 0.2) is 0 Å². The van der Waals surface area contributed by atoms with Gasteiger partial charge in [-0.25, -0.2) is 0 Å². The zero-order valence-electron chi connectivity index (χ0n) is 13.3. The van der Waals surface area contributed by atoms with Crippen molar-refractivity contribution >= 4 is 0 Å². The molecule has 0 amide bonds. The highest BCUT2D eigenvalue weighted by molar-refractivity contribution is 4.90. The van der Waals surface area contributed by atoms with Crippen molar-refractivity contribution in [2.75, 3.05) is 14.2 Å². The van der Waals surface area contributed by atoms with Crippen molar-refractivity contribution in [1.29, 1.82) is 0 Å². The van der Waals surface area contributed by atoms with Gasteiger partial charge in [0.05, 0.1) is 18.3 Å². The maximum Gasteiger partial charge on any atom is 0.187 e. The van der Waals surface area contributed by atoms with E-state index in [9.17, 15) is 15.3 Å². The molecule has 0 aromatic heterocycles. The SMILES string of the molecule is CO[C@H]1[C@@H](O)[C@@H](C)O[C@@H](O[C@H]2[C@@H](OC)C[C@H](O)O[C@@H]2C)[C@@H]1O. The summed E-state index contributed by atoms with van der Waals surface area (Å²) in [6.07, 6.45) is -6.42. The van der Waals surface area contributed by atoms with Gasteiger partial charge in [-0.2, -0.15) is 0 Å². The minimum atomic E-state index is -1.15. The fourth-order valence-electron chi connectivity index (χ4n) is 2.99. The second-order valence-electron chi connectivity index (χ2n) is 5.80. The molecule has 0 saturated carbocycles. The van der Waals surface area contributed by atoms with Crippen molar-refractivity contribution in [1.82, 2.24) is 0 Å². The number of rotatable bonds is 4. The van der Waals surface area contributed by atoms with Gasteiger partial charge in [-0.05, 0) is 13.8 Å². The van der Waals surface area contributed by atoms with Gasteiger partial charge >= 0.3 is 0 Å². The van der Waals surface area contributed by atoms with E-state index in [0.29, 0.717) is 0 Å². The third-order valence-electron chi connectivity index (χ3n) is 4.28. The molecule has 8 heteroatoms. The van der Waals surface area contributed by atoms with Crippen LogP contribution in [0.2, 0.25) is 0 Å². The predicted octanol–water partition coefficient (Wildman–Crippen LogP) is -1.00. The molecule has 9 atom stereocenters. The minimum absolute atomic E-state index is 0.264. The van der Waals surface area contributed by atoms with Gasteiger partial charge in [0.1, 0.15) is 24.4 Å². The summed E-state index contributed by atoms with van der Waals surface area (Å²) < 4.78 is 27.2. The molecule has 22 heavy (non-hydrogen) atoms. The van der Waals surface area contributed by atoms with Crippen LogP contribution in [-0.4, -0.2) is 84.8 Å². The maximum absolute atomic E-state index is 10.3. The summed E-state index contributed by atoms with van der Waals surface area (Å²) in [5.74, 6) is 0. The molecule has 0 aromatic carbocycles. The Morgan fingerprint density at radius 2 is 1.55 bits per heavy atom. The summed E-state index contributed by atoms with van der Waals surface area (Å²) in [5.41, 5.74) is 0. The molecule has 8 nitrogen and oxygen atoms in total. The zero-order valence-corrected chi connectivity index (χ0v) is 13.3. The molecule has 2 saturated heterocycles. The molecule has 130 valence electrons. The molecule has 2 aliphatic heterocycles. The average molecular weight is 322 g/mol. The predicted molar refractivity (Wildman–Crippen MR) is 74.0 cm³/mol. The Balaban J connectivity index is 2.07. The first-order valence-electron chi connectivity index (χ1n) is 7.45. The van der Waals surface area contributed by atoms with Crippen LogP contribution >= 0.6 is 0 Å². The summed E-state index contributed by atoms with van der Waals surface area (Å²) in [5, 5.41) is 29.9. The summed E-state index contributed by atoms with van der Waals surface area (Å²) in [6, 6.07) is 0. The van der Waals surface area contributed by atoms with Crippen molar-refractivity contribution in [3.05, 3.63) is 0 Å². The molecule has 2 aliphatic rings. The number of hydrogen-bond donors (Lipinski definition) is 3. The lowest BCUT2D eigenvalue weighted by molar-refractivity contribution is -0.337. The standard InChI is InChI=1S/C14H26O8/c1-6-10(16)13(19-4)11(17)14(21-6)22-12-7(2)20-9(15)5-8(12)18-3/h6-17H,5H2,1-4H3/t6-,7-,8+,9-,10+,11-,12-,13+,14+/m1/s1. The zero-order chi connectivity index (χ0) is 16.4. The van der Waals surface area contributed by atoms with Crippen LogP contribution in [-0.2, 0) is 23.7 Å². The molecule has 2 fully saturated rings. The normalized spacial score (nSPS) is 50.0. The molecule has 0 spiro atoms. The van der Waals surface area contributed by atoms with E-state index in [0.717, 1.165) is 0 Å². The highest BCUT2D eigenvalue weighted by atomic mass is 16.7. The van der Waals surface area contributed by atoms with Gasteiger partial charge in [-0.1, -0.05) is 0 Å². The second kappa shape index (κ2) is 7.50. The van der Waals surface area contributed by atoms with Crippen molar-refractivity contribution < 1.29 is 39.0 Å². The van der Waals surface area contributed by atoms with Gasteiger partial charge in [-0.15, -0.1) is 0 Å². The lowest BCUT2D eigenvalue weighted by Gasteiger charge is -2.44. The van der Waals surface area contributed by atoms with Crippen LogP contribution in [0.25, 0.3) is 0 Å². The van der Waals surface area contributed by atoms with Crippen LogP contribution in [0.5, 0.6) is 0 Å². The lowest BCUT2D eigenvalue weighted by atomic mass is 9.98. The Labute approximate surface area is 129 Å². The topological polar surface area (TPSA) is 107 Å². The molecular formula is C14H26O8. The largest absolute Gasteiger partial charge is 0.388 e. The molecule has 0 aromatic rings.